The van der Waals surface area contributed by atoms with Crippen LogP contribution < -0.4 is 5.32 Å². The highest BCUT2D eigenvalue weighted by Crippen LogP contribution is 2.44. The molecule has 8 heteroatoms. The van der Waals surface area contributed by atoms with E-state index < -0.39 is 18.1 Å². The van der Waals surface area contributed by atoms with Gasteiger partial charge in [0.2, 0.25) is 5.91 Å². The Labute approximate surface area is 211 Å². The zero-order valence-corrected chi connectivity index (χ0v) is 21.2. The topological polar surface area (TPSA) is 95.9 Å². The first-order valence-electron chi connectivity index (χ1n) is 12.0. The lowest BCUT2D eigenvalue weighted by molar-refractivity contribution is -0.144. The van der Waals surface area contributed by atoms with Gasteiger partial charge in [-0.15, -0.1) is 0 Å². The number of carboxylic acid groups (broad SMARTS) is 1. The van der Waals surface area contributed by atoms with Crippen molar-refractivity contribution in [3.63, 3.8) is 0 Å². The molecular weight excluding hydrogens is 464 g/mol. The number of hydrogen-bond donors (Lipinski definition) is 2. The van der Waals surface area contributed by atoms with E-state index in [4.69, 9.17) is 4.74 Å². The summed E-state index contributed by atoms with van der Waals surface area (Å²) in [6.45, 7) is 2.26. The van der Waals surface area contributed by atoms with Crippen LogP contribution in [0.4, 0.5) is 4.79 Å². The van der Waals surface area contributed by atoms with Crippen LogP contribution in [0.25, 0.3) is 11.1 Å². The first kappa shape index (κ1) is 26.6. The summed E-state index contributed by atoms with van der Waals surface area (Å²) in [6, 6.07) is 15.9. The van der Waals surface area contributed by atoms with E-state index in [1.807, 2.05) is 37.4 Å². The van der Waals surface area contributed by atoms with Gasteiger partial charge in [0.15, 0.2) is 0 Å². The Balaban J connectivity index is 1.62. The van der Waals surface area contributed by atoms with Crippen molar-refractivity contribution in [1.29, 1.82) is 0 Å². The average Bonchev–Trinajstić information content (AvgIpc) is 3.17. The maximum atomic E-state index is 12.8. The van der Waals surface area contributed by atoms with Gasteiger partial charge in [0.05, 0.1) is 0 Å². The summed E-state index contributed by atoms with van der Waals surface area (Å²) in [4.78, 5) is 38.1. The third-order valence-electron chi connectivity index (χ3n) is 6.24. The van der Waals surface area contributed by atoms with Gasteiger partial charge < -0.3 is 20.1 Å². The summed E-state index contributed by atoms with van der Waals surface area (Å²) < 4.78 is 5.65. The van der Waals surface area contributed by atoms with Gasteiger partial charge in [-0.3, -0.25) is 9.59 Å². The Morgan fingerprint density at radius 3 is 2.29 bits per heavy atom. The lowest BCUT2D eigenvalue weighted by Gasteiger charge is -2.24. The molecule has 3 rings (SSSR count). The minimum absolute atomic E-state index is 0.0403. The molecule has 0 fully saturated rings. The standard InChI is InChI=1S/C27H34N2O5S/c1-3-4-9-19(16-25(30)29(14-15-35-2)17-26(31)32)28-27(33)34-18-24-22-12-7-5-10-20(22)21-11-6-8-13-23(21)24/h5-8,10-13,19,24H,3-4,9,14-18H2,1-2H3,(H,28,33)(H,31,32)/t19-/m1/s1. The zero-order chi connectivity index (χ0) is 25.2. The van der Waals surface area contributed by atoms with Crippen molar-refractivity contribution >= 4 is 29.7 Å². The number of unbranched alkanes of at least 4 members (excludes halogenated alkanes) is 1. The number of thioether (sulfide) groups is 1. The predicted octanol–water partition coefficient (Wildman–Crippen LogP) is 4.75. The van der Waals surface area contributed by atoms with E-state index in [2.05, 4.69) is 29.6 Å². The van der Waals surface area contributed by atoms with Crippen LogP contribution >= 0.6 is 11.8 Å². The summed E-state index contributed by atoms with van der Waals surface area (Å²) in [6.07, 6.45) is 3.77. The number of aliphatic carboxylic acids is 1. The van der Waals surface area contributed by atoms with E-state index in [9.17, 15) is 19.5 Å². The summed E-state index contributed by atoms with van der Waals surface area (Å²) >= 11 is 1.55. The summed E-state index contributed by atoms with van der Waals surface area (Å²) in [5.41, 5.74) is 4.59. The van der Waals surface area contributed by atoms with Crippen LogP contribution in [0.15, 0.2) is 48.5 Å². The Kier molecular flexibility index (Phi) is 10.0. The lowest BCUT2D eigenvalue weighted by Crippen LogP contribution is -2.43. The molecule has 1 atom stereocenters. The molecule has 35 heavy (non-hydrogen) atoms. The molecule has 2 aromatic rings. The predicted molar refractivity (Wildman–Crippen MR) is 139 cm³/mol. The Morgan fingerprint density at radius 2 is 1.71 bits per heavy atom. The third-order valence-corrected chi connectivity index (χ3v) is 6.83. The van der Waals surface area contributed by atoms with Gasteiger partial charge in [0.25, 0.3) is 0 Å². The van der Waals surface area contributed by atoms with Crippen LogP contribution in [0.1, 0.15) is 49.7 Å². The molecule has 7 nitrogen and oxygen atoms in total. The molecule has 0 saturated heterocycles. The second-order valence-corrected chi connectivity index (χ2v) is 9.70. The van der Waals surface area contributed by atoms with Crippen molar-refractivity contribution in [2.75, 3.05) is 31.7 Å². The minimum Gasteiger partial charge on any atom is -0.480 e. The number of benzene rings is 2. The number of hydrogen-bond acceptors (Lipinski definition) is 5. The van der Waals surface area contributed by atoms with Crippen molar-refractivity contribution in [2.24, 2.45) is 0 Å². The number of carboxylic acids is 1. The van der Waals surface area contributed by atoms with E-state index in [1.54, 1.807) is 11.8 Å². The Morgan fingerprint density at radius 1 is 1.09 bits per heavy atom. The molecule has 0 radical (unpaired) electrons. The number of carbonyl (C=O) groups is 3. The SMILES string of the molecule is CCCC[C@H](CC(=O)N(CCSC)CC(=O)O)NC(=O)OCC1c2ccccc2-c2ccccc21. The van der Waals surface area contributed by atoms with E-state index in [-0.39, 0.29) is 31.4 Å². The van der Waals surface area contributed by atoms with Gasteiger partial charge in [-0.05, 0) is 34.9 Å². The number of nitrogens with zero attached hydrogens (tertiary/aromatic N) is 1. The van der Waals surface area contributed by atoms with Crippen LogP contribution in [-0.4, -0.2) is 65.7 Å². The van der Waals surface area contributed by atoms with Gasteiger partial charge in [-0.1, -0.05) is 68.3 Å². The molecule has 2 aromatic carbocycles. The van der Waals surface area contributed by atoms with Gasteiger partial charge in [0.1, 0.15) is 13.2 Å². The van der Waals surface area contributed by atoms with Gasteiger partial charge >= 0.3 is 12.1 Å². The van der Waals surface area contributed by atoms with Crippen LogP contribution in [0, 0.1) is 0 Å². The van der Waals surface area contributed by atoms with Crippen molar-refractivity contribution in [1.82, 2.24) is 10.2 Å². The van der Waals surface area contributed by atoms with Crippen LogP contribution in [-0.2, 0) is 14.3 Å². The fourth-order valence-corrected chi connectivity index (χ4v) is 4.88. The quantitative estimate of drug-likeness (QED) is 0.414. The first-order chi connectivity index (χ1) is 16.9. The molecule has 1 aliphatic rings. The molecule has 1 aliphatic carbocycles. The van der Waals surface area contributed by atoms with Crippen molar-refractivity contribution in [2.45, 2.75) is 44.6 Å². The van der Waals surface area contributed by atoms with Crippen molar-refractivity contribution < 1.29 is 24.2 Å². The average molecular weight is 499 g/mol. The molecule has 2 amide bonds. The largest absolute Gasteiger partial charge is 0.480 e. The molecular formula is C27H34N2O5S. The van der Waals surface area contributed by atoms with Crippen LogP contribution in [0.3, 0.4) is 0 Å². The summed E-state index contributed by atoms with van der Waals surface area (Å²) in [7, 11) is 0. The van der Waals surface area contributed by atoms with Gasteiger partial charge in [0, 0.05) is 30.7 Å². The fourth-order valence-electron chi connectivity index (χ4n) is 4.48. The van der Waals surface area contributed by atoms with E-state index in [1.165, 1.54) is 4.90 Å². The molecule has 2 N–H and O–H groups in total. The fraction of sp³-hybridized carbons (Fsp3) is 0.444. The molecule has 0 heterocycles. The highest BCUT2D eigenvalue weighted by molar-refractivity contribution is 7.98. The molecule has 0 aromatic heterocycles. The second-order valence-electron chi connectivity index (χ2n) is 8.71. The normalized spacial score (nSPS) is 13.0. The maximum Gasteiger partial charge on any atom is 0.407 e. The number of fused-ring (bicyclic) bond motifs is 3. The molecule has 188 valence electrons. The number of amides is 2. The molecule has 0 unspecified atom stereocenters. The number of ether oxygens (including phenoxy) is 1. The third kappa shape index (κ3) is 7.24. The van der Waals surface area contributed by atoms with Crippen LogP contribution in [0.2, 0.25) is 0 Å². The molecule has 0 aliphatic heterocycles. The van der Waals surface area contributed by atoms with E-state index in [0.29, 0.717) is 18.7 Å². The summed E-state index contributed by atoms with van der Waals surface area (Å²) in [5.74, 6) is -0.713. The highest BCUT2D eigenvalue weighted by Gasteiger charge is 2.29. The highest BCUT2D eigenvalue weighted by atomic mass is 32.2. The number of rotatable bonds is 13. The maximum absolute atomic E-state index is 12.8. The summed E-state index contributed by atoms with van der Waals surface area (Å²) in [5, 5.41) is 12.0. The van der Waals surface area contributed by atoms with Crippen molar-refractivity contribution in [3.8, 4) is 11.1 Å². The van der Waals surface area contributed by atoms with Gasteiger partial charge in [-0.2, -0.15) is 11.8 Å². The second kappa shape index (κ2) is 13.2. The van der Waals surface area contributed by atoms with Gasteiger partial charge in [-0.25, -0.2) is 4.79 Å². The Bertz CT molecular complexity index is 983. The monoisotopic (exact) mass is 498 g/mol. The Hall–Kier alpha value is -3.00. The molecule has 0 saturated carbocycles. The zero-order valence-electron chi connectivity index (χ0n) is 20.4. The minimum atomic E-state index is -1.05. The number of carbonyl (C=O) groups excluding carboxylic acids is 2. The molecule has 0 bridgehead atoms. The molecule has 0 spiro atoms. The van der Waals surface area contributed by atoms with E-state index in [0.717, 1.165) is 35.1 Å². The number of nitrogens with one attached hydrogen (secondary N) is 1. The lowest BCUT2D eigenvalue weighted by atomic mass is 9.98. The van der Waals surface area contributed by atoms with Crippen molar-refractivity contribution in [3.05, 3.63) is 59.7 Å². The first-order valence-corrected chi connectivity index (χ1v) is 13.4. The van der Waals surface area contributed by atoms with E-state index >= 15 is 0 Å². The smallest absolute Gasteiger partial charge is 0.407 e. The number of alkyl carbamates (subject to hydrolysis) is 1. The van der Waals surface area contributed by atoms with Crippen LogP contribution in [0.5, 0.6) is 0 Å².